The molecule has 5 heteroatoms. The summed E-state index contributed by atoms with van der Waals surface area (Å²) in [6.07, 6.45) is 1.61. The van der Waals surface area contributed by atoms with Gasteiger partial charge in [-0.3, -0.25) is 4.79 Å². The van der Waals surface area contributed by atoms with Crippen molar-refractivity contribution in [1.29, 1.82) is 5.26 Å². The second-order valence-corrected chi connectivity index (χ2v) is 6.13. The highest BCUT2D eigenvalue weighted by Crippen LogP contribution is 2.23. The summed E-state index contributed by atoms with van der Waals surface area (Å²) in [5.41, 5.74) is 0.760. The van der Waals surface area contributed by atoms with Gasteiger partial charge in [-0.05, 0) is 24.3 Å². The molecule has 0 saturated heterocycles. The molecule has 98 valence electrons. The number of pyridine rings is 1. The Morgan fingerprint density at radius 2 is 2.05 bits per heavy atom. The van der Waals surface area contributed by atoms with Crippen LogP contribution in [0, 0.1) is 11.3 Å². The average molecular weight is 301 g/mol. The number of aromatic nitrogens is 1. The number of rotatable bonds is 2. The van der Waals surface area contributed by atoms with Crippen LogP contribution in [0.2, 0.25) is 4.34 Å². The first kappa shape index (κ1) is 12.9. The highest BCUT2D eigenvalue weighted by Gasteiger charge is 2.09. The summed E-state index contributed by atoms with van der Waals surface area (Å²) >= 11 is 7.43. The topological polar surface area (TPSA) is 45.8 Å². The molecule has 3 aromatic rings. The maximum Gasteiger partial charge on any atom is 0.207 e. The number of nitriles is 1. The SMILES string of the molecule is N#Cc1cn(Cc2ccc(Cl)s2)c2ccccc2c1=O. The molecule has 1 aromatic carbocycles. The number of halogens is 1. The lowest BCUT2D eigenvalue weighted by atomic mass is 10.1. The van der Waals surface area contributed by atoms with Gasteiger partial charge >= 0.3 is 0 Å². The molecule has 0 saturated carbocycles. The fourth-order valence-electron chi connectivity index (χ4n) is 2.16. The van der Waals surface area contributed by atoms with E-state index in [-0.39, 0.29) is 11.0 Å². The van der Waals surface area contributed by atoms with E-state index in [2.05, 4.69) is 0 Å². The van der Waals surface area contributed by atoms with Crippen molar-refractivity contribution >= 4 is 33.8 Å². The first-order valence-electron chi connectivity index (χ1n) is 5.95. The number of hydrogen-bond donors (Lipinski definition) is 0. The highest BCUT2D eigenvalue weighted by molar-refractivity contribution is 7.16. The van der Waals surface area contributed by atoms with Gasteiger partial charge in [-0.25, -0.2) is 0 Å². The number of nitrogens with zero attached hydrogens (tertiary/aromatic N) is 2. The van der Waals surface area contributed by atoms with Crippen molar-refractivity contribution in [1.82, 2.24) is 4.57 Å². The van der Waals surface area contributed by atoms with Crippen LogP contribution in [-0.2, 0) is 6.54 Å². The van der Waals surface area contributed by atoms with Gasteiger partial charge < -0.3 is 4.57 Å². The minimum absolute atomic E-state index is 0.159. The van der Waals surface area contributed by atoms with Crippen LogP contribution >= 0.6 is 22.9 Å². The number of fused-ring (bicyclic) bond motifs is 1. The molecule has 0 atom stereocenters. The third-order valence-corrected chi connectivity index (χ3v) is 4.28. The normalized spacial score (nSPS) is 10.6. The number of para-hydroxylation sites is 1. The smallest absolute Gasteiger partial charge is 0.207 e. The number of hydrogen-bond acceptors (Lipinski definition) is 3. The van der Waals surface area contributed by atoms with Crippen molar-refractivity contribution in [3.8, 4) is 6.07 Å². The molecule has 0 unspecified atom stereocenters. The Morgan fingerprint density at radius 1 is 1.25 bits per heavy atom. The molecule has 0 spiro atoms. The molecule has 0 aliphatic heterocycles. The zero-order valence-corrected chi connectivity index (χ0v) is 11.9. The first-order valence-corrected chi connectivity index (χ1v) is 7.15. The second-order valence-electron chi connectivity index (χ2n) is 4.33. The lowest BCUT2D eigenvalue weighted by Crippen LogP contribution is -2.13. The van der Waals surface area contributed by atoms with Gasteiger partial charge in [0.25, 0.3) is 0 Å². The van der Waals surface area contributed by atoms with E-state index in [4.69, 9.17) is 16.9 Å². The third-order valence-electron chi connectivity index (χ3n) is 3.06. The zero-order valence-electron chi connectivity index (χ0n) is 10.3. The maximum absolute atomic E-state index is 12.1. The van der Waals surface area contributed by atoms with Crippen molar-refractivity contribution in [2.45, 2.75) is 6.54 Å². The quantitative estimate of drug-likeness (QED) is 0.725. The molecule has 0 bridgehead atoms. The summed E-state index contributed by atoms with van der Waals surface area (Å²) in [6.45, 7) is 0.590. The second kappa shape index (κ2) is 5.12. The van der Waals surface area contributed by atoms with E-state index in [1.807, 2.05) is 34.9 Å². The fourth-order valence-corrected chi connectivity index (χ4v) is 3.25. The van der Waals surface area contributed by atoms with Gasteiger partial charge in [0.15, 0.2) is 0 Å². The molecular weight excluding hydrogens is 292 g/mol. The van der Waals surface area contributed by atoms with E-state index in [1.165, 1.54) is 11.3 Å². The standard InChI is InChI=1S/C15H9ClN2OS/c16-14-6-5-11(20-14)9-18-8-10(7-17)15(19)12-3-1-2-4-13(12)18/h1-6,8H,9H2. The summed E-state index contributed by atoms with van der Waals surface area (Å²) in [5.74, 6) is 0. The summed E-state index contributed by atoms with van der Waals surface area (Å²) in [5, 5.41) is 9.65. The van der Waals surface area contributed by atoms with Crippen molar-refractivity contribution in [3.63, 3.8) is 0 Å². The van der Waals surface area contributed by atoms with E-state index in [9.17, 15) is 4.79 Å². The Morgan fingerprint density at radius 3 is 2.75 bits per heavy atom. The predicted octanol–water partition coefficient (Wildman–Crippen LogP) is 3.64. The summed E-state index contributed by atoms with van der Waals surface area (Å²) in [4.78, 5) is 13.2. The Kier molecular flexibility index (Phi) is 3.31. The molecule has 0 radical (unpaired) electrons. The van der Waals surface area contributed by atoms with Crippen LogP contribution in [0.5, 0.6) is 0 Å². The minimum atomic E-state index is -0.219. The van der Waals surface area contributed by atoms with E-state index in [1.54, 1.807) is 18.3 Å². The van der Waals surface area contributed by atoms with Crippen LogP contribution in [0.3, 0.4) is 0 Å². The van der Waals surface area contributed by atoms with Crippen LogP contribution in [0.15, 0.2) is 47.4 Å². The lowest BCUT2D eigenvalue weighted by Gasteiger charge is -2.10. The molecule has 0 amide bonds. The van der Waals surface area contributed by atoms with Gasteiger partial charge in [-0.1, -0.05) is 23.7 Å². The molecule has 3 nitrogen and oxygen atoms in total. The molecule has 0 aliphatic carbocycles. The van der Waals surface area contributed by atoms with Gasteiger partial charge in [-0.15, -0.1) is 11.3 Å². The van der Waals surface area contributed by atoms with E-state index >= 15 is 0 Å². The summed E-state index contributed by atoms with van der Waals surface area (Å²) in [7, 11) is 0. The monoisotopic (exact) mass is 300 g/mol. The van der Waals surface area contributed by atoms with Gasteiger partial charge in [0.05, 0.1) is 16.4 Å². The maximum atomic E-state index is 12.1. The third kappa shape index (κ3) is 2.22. The molecule has 0 aliphatic rings. The Bertz CT molecular complexity index is 889. The zero-order chi connectivity index (χ0) is 14.1. The van der Waals surface area contributed by atoms with E-state index in [0.29, 0.717) is 11.9 Å². The minimum Gasteiger partial charge on any atom is -0.341 e. The molecule has 3 rings (SSSR count). The van der Waals surface area contributed by atoms with Crippen molar-refractivity contribution in [3.05, 3.63) is 67.6 Å². The lowest BCUT2D eigenvalue weighted by molar-refractivity contribution is 0.837. The molecule has 0 fully saturated rings. The Balaban J connectivity index is 2.22. The summed E-state index contributed by atoms with van der Waals surface area (Å²) in [6, 6.07) is 13.1. The first-order chi connectivity index (χ1) is 9.69. The van der Waals surface area contributed by atoms with Crippen molar-refractivity contribution in [2.24, 2.45) is 0 Å². The Labute approximate surface area is 124 Å². The molecule has 0 N–H and O–H groups in total. The molecule has 2 aromatic heterocycles. The van der Waals surface area contributed by atoms with Crippen LogP contribution < -0.4 is 5.43 Å². The Hall–Kier alpha value is -2.09. The van der Waals surface area contributed by atoms with Crippen LogP contribution in [0.4, 0.5) is 0 Å². The molecule has 20 heavy (non-hydrogen) atoms. The summed E-state index contributed by atoms with van der Waals surface area (Å²) < 4.78 is 2.64. The molecule has 2 heterocycles. The van der Waals surface area contributed by atoms with E-state index < -0.39 is 0 Å². The number of thiophene rings is 1. The van der Waals surface area contributed by atoms with Crippen LogP contribution in [0.25, 0.3) is 10.9 Å². The fraction of sp³-hybridized carbons (Fsp3) is 0.0667. The predicted molar refractivity (Wildman–Crippen MR) is 81.4 cm³/mol. The highest BCUT2D eigenvalue weighted by atomic mass is 35.5. The van der Waals surface area contributed by atoms with Crippen LogP contribution in [-0.4, -0.2) is 4.57 Å². The average Bonchev–Trinajstić information content (AvgIpc) is 2.87. The number of benzene rings is 1. The van der Waals surface area contributed by atoms with Gasteiger partial charge in [0.2, 0.25) is 5.43 Å². The van der Waals surface area contributed by atoms with Crippen LogP contribution in [0.1, 0.15) is 10.4 Å². The van der Waals surface area contributed by atoms with Crippen molar-refractivity contribution < 1.29 is 0 Å². The van der Waals surface area contributed by atoms with Gasteiger partial charge in [0.1, 0.15) is 11.6 Å². The largest absolute Gasteiger partial charge is 0.341 e. The molecular formula is C15H9ClN2OS. The van der Waals surface area contributed by atoms with E-state index in [0.717, 1.165) is 14.7 Å². The van der Waals surface area contributed by atoms with Gasteiger partial charge in [0, 0.05) is 16.5 Å². The van der Waals surface area contributed by atoms with Gasteiger partial charge in [-0.2, -0.15) is 5.26 Å². The van der Waals surface area contributed by atoms with Crippen molar-refractivity contribution in [2.75, 3.05) is 0 Å².